The van der Waals surface area contributed by atoms with Crippen LogP contribution in [0.2, 0.25) is 0 Å². The predicted octanol–water partition coefficient (Wildman–Crippen LogP) is -11.6. The molecule has 21 saturated heterocycles. The fourth-order valence-electron chi connectivity index (χ4n) is 12.5. The van der Waals surface area contributed by atoms with Crippen molar-refractivity contribution in [2.75, 3.05) is 56.8 Å². The Bertz CT molecular complexity index is 2750. The second-order valence-corrected chi connectivity index (χ2v) is 23.7. The molecule has 95 heavy (non-hydrogen) atoms. The standard InChI is InChI=1S/C56H80N2O37/c59-11-22-43-30(67)37(74)53(85-22)93-45-24(13-61)87-55(39(76)32(45)69)95-47-26(15-63)88-56(40(77)33(47)70)94-46-25(14-62)86-54(38(75)31(46)68)92-44-23(12-60)84-52(36(73)29(44)66)90-42-21(10-58-19-8-4-2-6-17(19)49(80)81)82-50(34(71)27(42)64)89-41-20(83-51(91-43)35(72)28(41)65)9-57-18-7-3-1-5-16(18)48(78)79/h1-8,20-47,50-77H,9-15H2,(H,78,79)(H,80,81)/t20-,21+,22-,23+,24-,25+,26-,27-,28+,29-,30+,31-,32-,33-,34-,35+,36-,37+,38-,39+,40-,41-,42-,43-,44-,45-,46-,47-,50-,51-,52-,53-,54-,55-,56-/m1/s1. The Kier molecular flexibility index (Phi) is 24.3. The number of aliphatic hydroxyl groups is 19. The zero-order chi connectivity index (χ0) is 68.6. The molecule has 21 heterocycles. The van der Waals surface area contributed by atoms with Crippen LogP contribution in [0.15, 0.2) is 48.5 Å². The Morgan fingerprint density at radius 3 is 0.642 bits per heavy atom. The van der Waals surface area contributed by atoms with Crippen molar-refractivity contribution in [1.29, 1.82) is 0 Å². The predicted molar refractivity (Wildman–Crippen MR) is 298 cm³/mol. The molecule has 0 radical (unpaired) electrons. The minimum absolute atomic E-state index is 0.0533. The van der Waals surface area contributed by atoms with Crippen LogP contribution in [0, 0.1) is 0 Å². The summed E-state index contributed by atoms with van der Waals surface area (Å²) in [5.74, 6) is -2.82. The van der Waals surface area contributed by atoms with Gasteiger partial charge in [0.15, 0.2) is 44.0 Å². The zero-order valence-electron chi connectivity index (χ0n) is 49.7. The lowest BCUT2D eigenvalue weighted by molar-refractivity contribution is -0.396. The SMILES string of the molecule is O=C(O)c1ccccc1NC[C@@H]1O[C@@H]2O[C@H]3[C@@H](O)[C@H](O)[C@@H](O[C@H]4[C@@H](O)[C@H](O)[C@@H](O[C@H]5[C@H](O)[C@H](O)[C@@H](O[C@H]6[C@H](O)[C@@H](O)[C@@H](O[C@H]7[C@H](O)[C@@H](O)[C@@H](O[C@H]8[C@H](O)[C@@H](O)[C@@H](O[C@H]1[C@H](O)[C@H]2O)O[C@H]8CO)O[C@H]7CO)O[C@@H]6CO)O[C@@H]5CO)O[C@@H]4CO)O[C@@H]3CNc1ccccc1C(=O)O. The first-order valence-electron chi connectivity index (χ1n) is 30.2. The number of carboxylic acid groups (broad SMARTS) is 2. The number of para-hydroxylation sites is 2. The van der Waals surface area contributed by atoms with Crippen LogP contribution < -0.4 is 10.6 Å². The molecule has 0 spiro atoms. The Hall–Kier alpha value is -4.34. The van der Waals surface area contributed by atoms with Gasteiger partial charge >= 0.3 is 11.9 Å². The molecule has 21 aliphatic heterocycles. The number of carboxylic acids is 2. The summed E-state index contributed by atoms with van der Waals surface area (Å²) in [4.78, 5) is 24.6. The Morgan fingerprint density at radius 1 is 0.274 bits per heavy atom. The van der Waals surface area contributed by atoms with Crippen molar-refractivity contribution >= 4 is 23.3 Å². The molecule has 14 bridgehead atoms. The first-order valence-corrected chi connectivity index (χ1v) is 30.2. The van der Waals surface area contributed by atoms with Crippen molar-refractivity contribution in [3.63, 3.8) is 0 Å². The highest BCUT2D eigenvalue weighted by molar-refractivity contribution is 5.94. The molecule has 21 aliphatic rings. The van der Waals surface area contributed by atoms with Gasteiger partial charge in [0.2, 0.25) is 0 Å². The third-order valence-corrected chi connectivity index (χ3v) is 17.7. The summed E-state index contributed by atoms with van der Waals surface area (Å²) in [6.07, 6.45) is -72.5. The van der Waals surface area contributed by atoms with Gasteiger partial charge in [-0.15, -0.1) is 0 Å². The average Bonchev–Trinajstić information content (AvgIpc) is 0.916. The number of hydrogen-bond donors (Lipinski definition) is 23. The van der Waals surface area contributed by atoms with E-state index < -0.39 is 273 Å². The molecule has 0 aliphatic carbocycles. The molecule has 0 unspecified atom stereocenters. The molecule has 0 saturated carbocycles. The molecular weight excluding hydrogens is 1290 g/mol. The van der Waals surface area contributed by atoms with E-state index in [1.165, 1.54) is 48.5 Å². The smallest absolute Gasteiger partial charge is 0.337 e. The van der Waals surface area contributed by atoms with Crippen molar-refractivity contribution in [3.8, 4) is 0 Å². The number of nitrogens with one attached hydrogen (secondary N) is 2. The lowest BCUT2D eigenvalue weighted by atomic mass is 9.94. The van der Waals surface area contributed by atoms with Gasteiger partial charge in [0.05, 0.1) is 44.2 Å². The molecule has 39 heteroatoms. The number of anilines is 2. The summed E-state index contributed by atoms with van der Waals surface area (Å²) in [5, 5.41) is 242. The van der Waals surface area contributed by atoms with E-state index in [0.717, 1.165) is 0 Å². The number of rotatable bonds is 13. The largest absolute Gasteiger partial charge is 0.478 e. The van der Waals surface area contributed by atoms with Gasteiger partial charge in [0, 0.05) is 24.5 Å². The van der Waals surface area contributed by atoms with E-state index in [-0.39, 0.29) is 22.5 Å². The molecule has 536 valence electrons. The van der Waals surface area contributed by atoms with Gasteiger partial charge in [0.1, 0.15) is 171 Å². The fraction of sp³-hybridized carbons (Fsp3) is 0.750. The summed E-state index contributed by atoms with van der Waals surface area (Å²) in [5.41, 5.74) is -0.676. The normalized spacial score (nSPS) is 46.9. The third kappa shape index (κ3) is 15.1. The topological polar surface area (TPSA) is 612 Å². The monoisotopic (exact) mass is 1370 g/mol. The van der Waals surface area contributed by atoms with E-state index in [9.17, 15) is 117 Å². The van der Waals surface area contributed by atoms with Gasteiger partial charge in [-0.3, -0.25) is 0 Å². The summed E-state index contributed by atoms with van der Waals surface area (Å²) < 4.78 is 82.5. The highest BCUT2D eigenvalue weighted by Gasteiger charge is 2.60. The van der Waals surface area contributed by atoms with E-state index in [2.05, 4.69) is 10.6 Å². The minimum atomic E-state index is -2.32. The van der Waals surface area contributed by atoms with Crippen molar-refractivity contribution in [2.24, 2.45) is 0 Å². The summed E-state index contributed by atoms with van der Waals surface area (Å²) in [6, 6.07) is 10.9. The Morgan fingerprint density at radius 2 is 0.453 bits per heavy atom. The molecular formula is C56H80N2O37. The van der Waals surface area contributed by atoms with Gasteiger partial charge in [-0.05, 0) is 24.3 Å². The number of benzene rings is 2. The number of hydrogen-bond acceptors (Lipinski definition) is 37. The van der Waals surface area contributed by atoms with E-state index >= 15 is 0 Å². The van der Waals surface area contributed by atoms with Gasteiger partial charge in [-0.1, -0.05) is 24.3 Å². The quantitative estimate of drug-likeness (QED) is 0.0885. The molecule has 39 nitrogen and oxygen atoms in total. The molecule has 2 aromatic carbocycles. The second kappa shape index (κ2) is 31.5. The summed E-state index contributed by atoms with van der Waals surface area (Å²) in [7, 11) is 0. The van der Waals surface area contributed by atoms with Crippen LogP contribution in [0.5, 0.6) is 0 Å². The van der Waals surface area contributed by atoms with Crippen LogP contribution in [0.25, 0.3) is 0 Å². The molecule has 0 aromatic heterocycles. The van der Waals surface area contributed by atoms with Gasteiger partial charge in [-0.25, -0.2) is 9.59 Å². The van der Waals surface area contributed by atoms with Gasteiger partial charge in [-0.2, -0.15) is 0 Å². The van der Waals surface area contributed by atoms with Crippen LogP contribution in [0.4, 0.5) is 11.4 Å². The number of aromatic carboxylic acids is 2. The number of aliphatic hydroxyl groups excluding tert-OH is 19. The summed E-state index contributed by atoms with van der Waals surface area (Å²) >= 11 is 0. The Labute approximate surface area is 536 Å². The van der Waals surface area contributed by atoms with Crippen molar-refractivity contribution < 1.29 is 183 Å². The van der Waals surface area contributed by atoms with Crippen LogP contribution in [-0.4, -0.2) is 380 Å². The van der Waals surface area contributed by atoms with Crippen LogP contribution in [0.3, 0.4) is 0 Å². The lowest BCUT2D eigenvalue weighted by Crippen LogP contribution is -2.68. The van der Waals surface area contributed by atoms with E-state index in [1.54, 1.807) is 0 Å². The first kappa shape index (κ1) is 73.4. The molecule has 23 rings (SSSR count). The minimum Gasteiger partial charge on any atom is -0.478 e. The first-order chi connectivity index (χ1) is 45.3. The summed E-state index contributed by atoms with van der Waals surface area (Å²) in [6.45, 7) is -6.66. The molecule has 0 amide bonds. The Balaban J connectivity index is 0.990. The van der Waals surface area contributed by atoms with E-state index in [1.807, 2.05) is 0 Å². The van der Waals surface area contributed by atoms with Crippen LogP contribution in [0.1, 0.15) is 20.7 Å². The van der Waals surface area contributed by atoms with Crippen LogP contribution in [-0.2, 0) is 66.3 Å². The lowest BCUT2D eigenvalue weighted by Gasteiger charge is -2.50. The molecule has 2 aromatic rings. The second-order valence-electron chi connectivity index (χ2n) is 23.7. The van der Waals surface area contributed by atoms with Crippen molar-refractivity contribution in [3.05, 3.63) is 59.7 Å². The highest BCUT2D eigenvalue weighted by Crippen LogP contribution is 2.40. The van der Waals surface area contributed by atoms with Crippen molar-refractivity contribution in [2.45, 2.75) is 215 Å². The average molecular weight is 1370 g/mol. The maximum atomic E-state index is 12.3. The highest BCUT2D eigenvalue weighted by atomic mass is 16.8. The van der Waals surface area contributed by atoms with E-state index in [0.29, 0.717) is 0 Å². The number of ether oxygens (including phenoxy) is 14. The third-order valence-electron chi connectivity index (χ3n) is 17.7. The van der Waals surface area contributed by atoms with Gasteiger partial charge in [0.25, 0.3) is 0 Å². The fourth-order valence-corrected chi connectivity index (χ4v) is 12.5. The zero-order valence-corrected chi connectivity index (χ0v) is 49.7. The molecule has 35 atom stereocenters. The van der Waals surface area contributed by atoms with Crippen molar-refractivity contribution in [1.82, 2.24) is 0 Å². The van der Waals surface area contributed by atoms with Crippen LogP contribution >= 0.6 is 0 Å². The maximum absolute atomic E-state index is 12.3. The van der Waals surface area contributed by atoms with Gasteiger partial charge < -0.3 is 184 Å². The molecule has 21 fully saturated rings. The molecule has 23 N–H and O–H groups in total. The van der Waals surface area contributed by atoms with E-state index in [4.69, 9.17) is 66.3 Å². The number of carbonyl (C=O) groups is 2. The maximum Gasteiger partial charge on any atom is 0.337 e.